The van der Waals surface area contributed by atoms with E-state index in [9.17, 15) is 4.79 Å². The quantitative estimate of drug-likeness (QED) is 0.874. The highest BCUT2D eigenvalue weighted by atomic mass is 16.5. The first-order chi connectivity index (χ1) is 9.64. The molecule has 0 saturated carbocycles. The van der Waals surface area contributed by atoms with Crippen molar-refractivity contribution in [2.45, 2.75) is 52.3 Å². The molecule has 0 aliphatic rings. The summed E-state index contributed by atoms with van der Waals surface area (Å²) in [5, 5.41) is 2.88. The summed E-state index contributed by atoms with van der Waals surface area (Å²) in [5.41, 5.74) is 6.50. The Labute approximate surface area is 126 Å². The molecule has 3 N–H and O–H groups in total. The average molecular weight is 294 g/mol. The topological polar surface area (TPSA) is 73.6 Å². The number of carbonyl (C=O) groups excluding carboxylic acids is 1. The molecule has 0 aromatic heterocycles. The number of rotatable bonds is 5. The van der Waals surface area contributed by atoms with Gasteiger partial charge in [-0.1, -0.05) is 6.07 Å². The van der Waals surface area contributed by atoms with Crippen LogP contribution in [0.3, 0.4) is 0 Å². The summed E-state index contributed by atoms with van der Waals surface area (Å²) in [7, 11) is 1.56. The van der Waals surface area contributed by atoms with Crippen LogP contribution in [0.2, 0.25) is 0 Å². The Morgan fingerprint density at radius 1 is 1.24 bits per heavy atom. The van der Waals surface area contributed by atoms with E-state index in [-0.39, 0.29) is 17.5 Å². The molecule has 0 saturated heterocycles. The summed E-state index contributed by atoms with van der Waals surface area (Å²) in [5.74, 6) is 0.930. The van der Waals surface area contributed by atoms with E-state index < -0.39 is 6.10 Å². The minimum absolute atomic E-state index is 0.0884. The molecule has 2 atom stereocenters. The van der Waals surface area contributed by atoms with Gasteiger partial charge in [0.25, 0.3) is 5.91 Å². The molecule has 1 amide bonds. The smallest absolute Gasteiger partial charge is 0.261 e. The van der Waals surface area contributed by atoms with Crippen LogP contribution in [0.1, 0.15) is 46.2 Å². The highest BCUT2D eigenvalue weighted by molar-refractivity contribution is 5.81. The summed E-state index contributed by atoms with van der Waals surface area (Å²) in [4.78, 5) is 12.0. The SMILES string of the molecule is COc1cc([C@H](C)N)ccc1OC(C)C(=O)NC(C)(C)C. The molecule has 1 aromatic rings. The molecule has 5 nitrogen and oxygen atoms in total. The van der Waals surface area contributed by atoms with E-state index in [2.05, 4.69) is 5.32 Å². The van der Waals surface area contributed by atoms with Crippen molar-refractivity contribution < 1.29 is 14.3 Å². The lowest BCUT2D eigenvalue weighted by molar-refractivity contribution is -0.128. The van der Waals surface area contributed by atoms with Crippen molar-refractivity contribution in [3.63, 3.8) is 0 Å². The zero-order chi connectivity index (χ0) is 16.2. The Hall–Kier alpha value is -1.75. The van der Waals surface area contributed by atoms with Crippen LogP contribution in [0.4, 0.5) is 0 Å². The number of nitrogens with one attached hydrogen (secondary N) is 1. The fraction of sp³-hybridized carbons (Fsp3) is 0.562. The Morgan fingerprint density at radius 2 is 1.86 bits per heavy atom. The lowest BCUT2D eigenvalue weighted by atomic mass is 10.1. The molecule has 0 aliphatic heterocycles. The number of ether oxygens (including phenoxy) is 2. The summed E-state index contributed by atoms with van der Waals surface area (Å²) in [6.07, 6.45) is -0.612. The van der Waals surface area contributed by atoms with Crippen LogP contribution in [-0.2, 0) is 4.79 Å². The van der Waals surface area contributed by atoms with Crippen LogP contribution in [0.25, 0.3) is 0 Å². The molecule has 21 heavy (non-hydrogen) atoms. The van der Waals surface area contributed by atoms with Crippen molar-refractivity contribution >= 4 is 5.91 Å². The third kappa shape index (κ3) is 5.27. The van der Waals surface area contributed by atoms with E-state index in [0.29, 0.717) is 11.5 Å². The fourth-order valence-electron chi connectivity index (χ4n) is 1.78. The van der Waals surface area contributed by atoms with Crippen LogP contribution in [0, 0.1) is 0 Å². The van der Waals surface area contributed by atoms with Crippen molar-refractivity contribution in [3.05, 3.63) is 23.8 Å². The van der Waals surface area contributed by atoms with E-state index in [4.69, 9.17) is 15.2 Å². The van der Waals surface area contributed by atoms with Gasteiger partial charge in [-0.25, -0.2) is 0 Å². The Bertz CT molecular complexity index is 493. The molecule has 1 unspecified atom stereocenters. The predicted octanol–water partition coefficient (Wildman–Crippen LogP) is 2.40. The van der Waals surface area contributed by atoms with E-state index in [1.54, 1.807) is 20.1 Å². The molecule has 1 rings (SSSR count). The van der Waals surface area contributed by atoms with Gasteiger partial charge in [-0.2, -0.15) is 0 Å². The van der Waals surface area contributed by atoms with Gasteiger partial charge >= 0.3 is 0 Å². The van der Waals surface area contributed by atoms with Crippen molar-refractivity contribution in [1.29, 1.82) is 0 Å². The lowest BCUT2D eigenvalue weighted by Crippen LogP contribution is -2.46. The molecule has 0 bridgehead atoms. The van der Waals surface area contributed by atoms with Gasteiger partial charge in [-0.3, -0.25) is 4.79 Å². The number of hydrogen-bond acceptors (Lipinski definition) is 4. The maximum Gasteiger partial charge on any atom is 0.261 e. The Kier molecular flexibility index (Phi) is 5.61. The molecule has 118 valence electrons. The standard InChI is InChI=1S/C16H26N2O3/c1-10(17)12-7-8-13(14(9-12)20-6)21-11(2)15(19)18-16(3,4)5/h7-11H,17H2,1-6H3,(H,18,19)/t10-,11?/m0/s1. The summed E-state index contributed by atoms with van der Waals surface area (Å²) in [6, 6.07) is 5.39. The third-order valence-corrected chi connectivity index (χ3v) is 2.88. The van der Waals surface area contributed by atoms with Gasteiger partial charge in [0.05, 0.1) is 7.11 Å². The Balaban J connectivity index is 2.85. The van der Waals surface area contributed by atoms with E-state index >= 15 is 0 Å². The molecular formula is C16H26N2O3. The maximum atomic E-state index is 12.0. The second kappa shape index (κ2) is 6.80. The molecule has 5 heteroatoms. The number of hydrogen-bond donors (Lipinski definition) is 2. The van der Waals surface area contributed by atoms with Crippen molar-refractivity contribution in [2.75, 3.05) is 7.11 Å². The van der Waals surface area contributed by atoms with Crippen molar-refractivity contribution in [3.8, 4) is 11.5 Å². The predicted molar refractivity (Wildman–Crippen MR) is 83.6 cm³/mol. The van der Waals surface area contributed by atoms with E-state index in [1.807, 2.05) is 39.8 Å². The molecule has 0 aliphatic carbocycles. The zero-order valence-electron chi connectivity index (χ0n) is 13.7. The number of methoxy groups -OCH3 is 1. The van der Waals surface area contributed by atoms with Crippen LogP contribution >= 0.6 is 0 Å². The van der Waals surface area contributed by atoms with Gasteiger partial charge in [0.15, 0.2) is 17.6 Å². The van der Waals surface area contributed by atoms with Crippen LogP contribution in [0.5, 0.6) is 11.5 Å². The molecular weight excluding hydrogens is 268 g/mol. The molecule has 0 heterocycles. The summed E-state index contributed by atoms with van der Waals surface area (Å²) in [6.45, 7) is 9.38. The number of nitrogens with two attached hydrogens (primary N) is 1. The summed E-state index contributed by atoms with van der Waals surface area (Å²) >= 11 is 0. The number of carbonyl (C=O) groups is 1. The number of amides is 1. The van der Waals surface area contributed by atoms with Gasteiger partial charge in [-0.15, -0.1) is 0 Å². The first kappa shape index (κ1) is 17.3. The highest BCUT2D eigenvalue weighted by Gasteiger charge is 2.21. The normalized spacial score (nSPS) is 14.2. The molecule has 0 spiro atoms. The minimum Gasteiger partial charge on any atom is -0.493 e. The van der Waals surface area contributed by atoms with Gasteiger partial charge in [-0.05, 0) is 52.3 Å². The largest absolute Gasteiger partial charge is 0.493 e. The van der Waals surface area contributed by atoms with Gasteiger partial charge in [0.2, 0.25) is 0 Å². The van der Waals surface area contributed by atoms with Gasteiger partial charge < -0.3 is 20.5 Å². The van der Waals surface area contributed by atoms with Crippen molar-refractivity contribution in [1.82, 2.24) is 5.32 Å². The van der Waals surface area contributed by atoms with Gasteiger partial charge in [0, 0.05) is 11.6 Å². The lowest BCUT2D eigenvalue weighted by Gasteiger charge is -2.24. The fourth-order valence-corrected chi connectivity index (χ4v) is 1.78. The van der Waals surface area contributed by atoms with Crippen LogP contribution in [-0.4, -0.2) is 24.7 Å². The number of benzene rings is 1. The van der Waals surface area contributed by atoms with E-state index in [0.717, 1.165) is 5.56 Å². The highest BCUT2D eigenvalue weighted by Crippen LogP contribution is 2.30. The second-order valence-electron chi connectivity index (χ2n) is 6.20. The van der Waals surface area contributed by atoms with E-state index in [1.165, 1.54) is 0 Å². The molecule has 0 radical (unpaired) electrons. The third-order valence-electron chi connectivity index (χ3n) is 2.88. The Morgan fingerprint density at radius 3 is 2.33 bits per heavy atom. The zero-order valence-corrected chi connectivity index (χ0v) is 13.7. The van der Waals surface area contributed by atoms with Crippen LogP contribution in [0.15, 0.2) is 18.2 Å². The maximum absolute atomic E-state index is 12.0. The molecule has 0 fully saturated rings. The minimum atomic E-state index is -0.612. The van der Waals surface area contributed by atoms with Crippen LogP contribution < -0.4 is 20.5 Å². The van der Waals surface area contributed by atoms with Crippen molar-refractivity contribution in [2.24, 2.45) is 5.73 Å². The first-order valence-corrected chi connectivity index (χ1v) is 7.06. The monoisotopic (exact) mass is 294 g/mol. The van der Waals surface area contributed by atoms with Gasteiger partial charge in [0.1, 0.15) is 0 Å². The summed E-state index contributed by atoms with van der Waals surface area (Å²) < 4.78 is 11.0. The molecule has 1 aromatic carbocycles. The second-order valence-corrected chi connectivity index (χ2v) is 6.20. The average Bonchev–Trinajstić information content (AvgIpc) is 2.36. The first-order valence-electron chi connectivity index (χ1n) is 7.06.